The first kappa shape index (κ1) is 16.8. The van der Waals surface area contributed by atoms with Crippen molar-refractivity contribution in [3.05, 3.63) is 33.1 Å². The first-order valence-corrected chi connectivity index (χ1v) is 6.98. The molecule has 2 unspecified atom stereocenters. The lowest BCUT2D eigenvalue weighted by Crippen LogP contribution is -2.21. The number of aliphatic hydroxyl groups excluding tert-OH is 2. The van der Waals surface area contributed by atoms with Crippen molar-refractivity contribution in [1.29, 1.82) is 0 Å². The van der Waals surface area contributed by atoms with Crippen LogP contribution in [0.1, 0.15) is 25.1 Å². The third-order valence-electron chi connectivity index (χ3n) is 2.42. The molecule has 1 heterocycles. The van der Waals surface area contributed by atoms with E-state index in [0.717, 1.165) is 24.0 Å². The zero-order valence-electron chi connectivity index (χ0n) is 10.5. The molecule has 110 valence electrons. The minimum atomic E-state index is -1.51. The van der Waals surface area contributed by atoms with E-state index in [4.69, 9.17) is 11.6 Å². The van der Waals surface area contributed by atoms with Gasteiger partial charge in [0.15, 0.2) is 5.12 Å². The summed E-state index contributed by atoms with van der Waals surface area (Å²) in [6.07, 6.45) is -1.51. The van der Waals surface area contributed by atoms with Crippen LogP contribution in [0.15, 0.2) is 12.3 Å². The van der Waals surface area contributed by atoms with E-state index in [1.54, 1.807) is 0 Å². The van der Waals surface area contributed by atoms with E-state index in [9.17, 15) is 25.1 Å². The van der Waals surface area contributed by atoms with Crippen LogP contribution in [0.5, 0.6) is 0 Å². The highest BCUT2D eigenvalue weighted by atomic mass is 35.5. The molecule has 0 aliphatic carbocycles. The largest absolute Gasteiger partial charge is 0.390 e. The number of rotatable bonds is 6. The maximum absolute atomic E-state index is 10.9. The van der Waals surface area contributed by atoms with Crippen molar-refractivity contribution in [3.8, 4) is 0 Å². The summed E-state index contributed by atoms with van der Waals surface area (Å²) < 4.78 is 0. The fraction of sp³-hybridized carbons (Fsp3) is 0.455. The summed E-state index contributed by atoms with van der Waals surface area (Å²) >= 11 is 6.61. The molecule has 0 radical (unpaired) electrons. The Kier molecular flexibility index (Phi) is 6.34. The van der Waals surface area contributed by atoms with E-state index in [1.165, 1.54) is 6.92 Å². The fourth-order valence-corrected chi connectivity index (χ4v) is 2.28. The van der Waals surface area contributed by atoms with Crippen LogP contribution in [0.3, 0.4) is 0 Å². The maximum Gasteiger partial charge on any atom is 0.295 e. The molecule has 1 rings (SSSR count). The summed E-state index contributed by atoms with van der Waals surface area (Å²) in [5, 5.41) is 30.5. The number of nitro groups is 1. The lowest BCUT2D eigenvalue weighted by atomic mass is 10.1. The minimum Gasteiger partial charge on any atom is -0.390 e. The highest BCUT2D eigenvalue weighted by Gasteiger charge is 2.28. The van der Waals surface area contributed by atoms with Crippen molar-refractivity contribution in [2.24, 2.45) is 0 Å². The highest BCUT2D eigenvalue weighted by molar-refractivity contribution is 8.13. The van der Waals surface area contributed by atoms with Crippen LogP contribution >= 0.6 is 23.4 Å². The summed E-state index contributed by atoms with van der Waals surface area (Å²) in [5.74, 6) is 0.301. The number of carbonyl (C=O) groups excluding carboxylic acids is 1. The summed E-state index contributed by atoms with van der Waals surface area (Å²) in [6, 6.07) is 1.06. The summed E-state index contributed by atoms with van der Waals surface area (Å²) in [5.41, 5.74) is -0.706. The Hall–Kier alpha value is -1.22. The Labute approximate surface area is 124 Å². The number of nitrogens with zero attached hydrogens (tertiary/aromatic N) is 2. The number of aliphatic hydroxyl groups is 2. The molecule has 0 bridgehead atoms. The van der Waals surface area contributed by atoms with Crippen LogP contribution in [0.25, 0.3) is 0 Å². The second-order valence-corrected chi connectivity index (χ2v) is 5.66. The predicted octanol–water partition coefficient (Wildman–Crippen LogP) is 1.71. The van der Waals surface area contributed by atoms with Gasteiger partial charge in [0.25, 0.3) is 5.69 Å². The van der Waals surface area contributed by atoms with E-state index in [2.05, 4.69) is 4.98 Å². The monoisotopic (exact) mass is 320 g/mol. The van der Waals surface area contributed by atoms with Gasteiger partial charge >= 0.3 is 0 Å². The first-order chi connectivity index (χ1) is 9.32. The Morgan fingerprint density at radius 1 is 1.60 bits per heavy atom. The Morgan fingerprint density at radius 3 is 2.80 bits per heavy atom. The van der Waals surface area contributed by atoms with Crippen LogP contribution in [0, 0.1) is 10.1 Å². The van der Waals surface area contributed by atoms with E-state index in [1.807, 2.05) is 0 Å². The van der Waals surface area contributed by atoms with Crippen LogP contribution in [-0.2, 0) is 4.79 Å². The van der Waals surface area contributed by atoms with Gasteiger partial charge < -0.3 is 10.2 Å². The number of hydrogen-bond acceptors (Lipinski definition) is 7. The maximum atomic E-state index is 10.9. The number of carbonyl (C=O) groups is 1. The van der Waals surface area contributed by atoms with Crippen LogP contribution in [-0.4, -0.2) is 37.1 Å². The molecule has 1 aromatic heterocycles. The summed E-state index contributed by atoms with van der Waals surface area (Å²) in [6.45, 7) is 1.39. The molecule has 0 saturated carbocycles. The lowest BCUT2D eigenvalue weighted by molar-refractivity contribution is -0.386. The molecule has 2 N–H and O–H groups in total. The van der Waals surface area contributed by atoms with Crippen molar-refractivity contribution >= 4 is 34.2 Å². The SMILES string of the molecule is CC(=O)SCCC(O)C(O)c1ncc(Cl)cc1[N+](=O)[O-]. The predicted molar refractivity (Wildman–Crippen MR) is 74.6 cm³/mol. The van der Waals surface area contributed by atoms with Gasteiger partial charge in [-0.3, -0.25) is 14.9 Å². The third-order valence-corrected chi connectivity index (χ3v) is 3.48. The second kappa shape index (κ2) is 7.53. The van der Waals surface area contributed by atoms with Gasteiger partial charge in [0.2, 0.25) is 0 Å². The van der Waals surface area contributed by atoms with Gasteiger partial charge in [-0.2, -0.15) is 0 Å². The van der Waals surface area contributed by atoms with Gasteiger partial charge in [0, 0.05) is 24.9 Å². The van der Waals surface area contributed by atoms with Gasteiger partial charge in [0.05, 0.1) is 16.0 Å². The standard InChI is InChI=1S/C11H13ClN2O5S/c1-6(15)20-3-2-9(16)11(17)10-8(14(18)19)4-7(12)5-13-10/h4-5,9,11,16-17H,2-3H2,1H3. The quantitative estimate of drug-likeness (QED) is 0.605. The Morgan fingerprint density at radius 2 is 2.25 bits per heavy atom. The van der Waals surface area contributed by atoms with Crippen molar-refractivity contribution < 1.29 is 19.9 Å². The molecule has 0 aromatic carbocycles. The zero-order chi connectivity index (χ0) is 15.3. The molecule has 20 heavy (non-hydrogen) atoms. The summed E-state index contributed by atoms with van der Waals surface area (Å²) in [4.78, 5) is 24.6. The molecule has 0 amide bonds. The van der Waals surface area contributed by atoms with Crippen LogP contribution < -0.4 is 0 Å². The van der Waals surface area contributed by atoms with E-state index in [0.29, 0.717) is 5.75 Å². The molecular formula is C11H13ClN2O5S. The average molecular weight is 321 g/mol. The van der Waals surface area contributed by atoms with Crippen LogP contribution in [0.4, 0.5) is 5.69 Å². The third kappa shape index (κ3) is 4.71. The molecule has 0 fully saturated rings. The number of aromatic nitrogens is 1. The van der Waals surface area contributed by atoms with E-state index >= 15 is 0 Å². The van der Waals surface area contributed by atoms with Gasteiger partial charge in [-0.05, 0) is 6.42 Å². The first-order valence-electron chi connectivity index (χ1n) is 5.62. The molecule has 9 heteroatoms. The van der Waals surface area contributed by atoms with Crippen molar-refractivity contribution in [3.63, 3.8) is 0 Å². The smallest absolute Gasteiger partial charge is 0.295 e. The Bertz CT molecular complexity index is 514. The van der Waals surface area contributed by atoms with Crippen molar-refractivity contribution in [1.82, 2.24) is 4.98 Å². The molecule has 0 aliphatic rings. The van der Waals surface area contributed by atoms with Gasteiger partial charge in [-0.15, -0.1) is 0 Å². The van der Waals surface area contributed by atoms with Crippen molar-refractivity contribution in [2.75, 3.05) is 5.75 Å². The van der Waals surface area contributed by atoms with Crippen LogP contribution in [0.2, 0.25) is 5.02 Å². The number of hydrogen-bond donors (Lipinski definition) is 2. The topological polar surface area (TPSA) is 114 Å². The molecule has 7 nitrogen and oxygen atoms in total. The molecule has 0 spiro atoms. The molecule has 2 atom stereocenters. The second-order valence-electron chi connectivity index (χ2n) is 3.96. The summed E-state index contributed by atoms with van der Waals surface area (Å²) in [7, 11) is 0. The zero-order valence-corrected chi connectivity index (χ0v) is 12.1. The molecular weight excluding hydrogens is 308 g/mol. The van der Waals surface area contributed by atoms with Gasteiger partial charge in [-0.25, -0.2) is 4.98 Å². The lowest BCUT2D eigenvalue weighted by Gasteiger charge is -2.16. The normalized spacial score (nSPS) is 13.8. The average Bonchev–Trinajstić information content (AvgIpc) is 2.37. The molecule has 1 aromatic rings. The van der Waals surface area contributed by atoms with E-state index < -0.39 is 22.8 Å². The van der Waals surface area contributed by atoms with Gasteiger partial charge in [0.1, 0.15) is 11.8 Å². The number of pyridine rings is 1. The van der Waals surface area contributed by atoms with Gasteiger partial charge in [-0.1, -0.05) is 23.4 Å². The molecule has 0 saturated heterocycles. The number of thioether (sulfide) groups is 1. The Balaban J connectivity index is 2.83. The van der Waals surface area contributed by atoms with E-state index in [-0.39, 0.29) is 22.3 Å². The fourth-order valence-electron chi connectivity index (χ4n) is 1.48. The highest BCUT2D eigenvalue weighted by Crippen LogP contribution is 2.29. The molecule has 0 aliphatic heterocycles. The minimum absolute atomic E-state index is 0.0641. The number of halogens is 1. The van der Waals surface area contributed by atoms with Crippen molar-refractivity contribution in [2.45, 2.75) is 25.6 Å².